The average Bonchev–Trinajstić information content (AvgIpc) is 2.45. The molecule has 1 heteroatoms. The van der Waals surface area contributed by atoms with Crippen LogP contribution in [-0.4, -0.2) is 5.78 Å². The molecular formula is C10H16O. The summed E-state index contributed by atoms with van der Waals surface area (Å²) >= 11 is 0. The molecule has 0 spiro atoms. The van der Waals surface area contributed by atoms with E-state index in [4.69, 9.17) is 0 Å². The van der Waals surface area contributed by atoms with Crippen LogP contribution in [0.25, 0.3) is 0 Å². The van der Waals surface area contributed by atoms with E-state index in [1.165, 1.54) is 33.1 Å². The van der Waals surface area contributed by atoms with Crippen molar-refractivity contribution in [2.45, 2.75) is 33.1 Å². The quantitative estimate of drug-likeness (QED) is 0.487. The first kappa shape index (κ1) is 8.51. The summed E-state index contributed by atoms with van der Waals surface area (Å²) in [5.41, 5.74) is 0. The standard InChI is InChI=1S/C7H10.C3H6O/c1-2-7-4-3-6(1)5-7;1-3(2)4/h1-2,6-7H,3-5H2;1-2H3. The Hall–Kier alpha value is -0.590. The number of ketones is 1. The van der Waals surface area contributed by atoms with Crippen LogP contribution < -0.4 is 0 Å². The van der Waals surface area contributed by atoms with Gasteiger partial charge in [0.2, 0.25) is 0 Å². The third-order valence-corrected chi connectivity index (χ3v) is 2.17. The van der Waals surface area contributed by atoms with Gasteiger partial charge in [-0.2, -0.15) is 0 Å². The van der Waals surface area contributed by atoms with Gasteiger partial charge in [-0.1, -0.05) is 12.2 Å². The summed E-state index contributed by atoms with van der Waals surface area (Å²) < 4.78 is 0. The molecule has 2 atom stereocenters. The molecule has 0 N–H and O–H groups in total. The summed E-state index contributed by atoms with van der Waals surface area (Å²) in [6.45, 7) is 3.06. The summed E-state index contributed by atoms with van der Waals surface area (Å²) in [6, 6.07) is 0. The molecule has 2 bridgehead atoms. The monoisotopic (exact) mass is 152 g/mol. The first-order valence-corrected chi connectivity index (χ1v) is 4.34. The molecule has 0 amide bonds. The van der Waals surface area contributed by atoms with Gasteiger partial charge in [0.1, 0.15) is 5.78 Å². The van der Waals surface area contributed by atoms with Crippen molar-refractivity contribution in [3.8, 4) is 0 Å². The predicted molar refractivity (Wildman–Crippen MR) is 46.3 cm³/mol. The molecule has 1 fully saturated rings. The van der Waals surface area contributed by atoms with Gasteiger partial charge in [0, 0.05) is 0 Å². The van der Waals surface area contributed by atoms with Crippen molar-refractivity contribution in [3.05, 3.63) is 12.2 Å². The molecule has 0 aromatic rings. The Morgan fingerprint density at radius 3 is 1.64 bits per heavy atom. The number of fused-ring (bicyclic) bond motifs is 2. The van der Waals surface area contributed by atoms with Crippen molar-refractivity contribution in [2.24, 2.45) is 11.8 Å². The Balaban J connectivity index is 0.000000134. The summed E-state index contributed by atoms with van der Waals surface area (Å²) in [5, 5.41) is 0. The number of hydrogen-bond donors (Lipinski definition) is 0. The van der Waals surface area contributed by atoms with Crippen LogP contribution in [0, 0.1) is 11.8 Å². The second-order valence-electron chi connectivity index (χ2n) is 3.63. The molecule has 11 heavy (non-hydrogen) atoms. The molecule has 62 valence electrons. The maximum Gasteiger partial charge on any atom is 0.126 e. The second-order valence-corrected chi connectivity index (χ2v) is 3.63. The Labute approximate surface area is 68.5 Å². The van der Waals surface area contributed by atoms with Gasteiger partial charge < -0.3 is 4.79 Å². The van der Waals surface area contributed by atoms with Gasteiger partial charge in [-0.15, -0.1) is 0 Å². The fraction of sp³-hybridized carbons (Fsp3) is 0.700. The lowest BCUT2D eigenvalue weighted by Crippen LogP contribution is -1.82. The normalized spacial score (nSPS) is 31.5. The number of rotatable bonds is 0. The van der Waals surface area contributed by atoms with Crippen LogP contribution >= 0.6 is 0 Å². The van der Waals surface area contributed by atoms with Crippen LogP contribution in [0.4, 0.5) is 0 Å². The predicted octanol–water partition coefficient (Wildman–Crippen LogP) is 2.57. The highest BCUT2D eigenvalue weighted by atomic mass is 16.1. The van der Waals surface area contributed by atoms with Crippen LogP contribution in [0.2, 0.25) is 0 Å². The van der Waals surface area contributed by atoms with E-state index in [9.17, 15) is 4.79 Å². The zero-order chi connectivity index (χ0) is 8.27. The molecule has 2 aliphatic rings. The maximum atomic E-state index is 9.44. The van der Waals surface area contributed by atoms with Gasteiger partial charge in [0.05, 0.1) is 0 Å². The Morgan fingerprint density at radius 1 is 1.18 bits per heavy atom. The Morgan fingerprint density at radius 2 is 1.55 bits per heavy atom. The van der Waals surface area contributed by atoms with E-state index >= 15 is 0 Å². The Bertz CT molecular complexity index is 154. The third-order valence-electron chi connectivity index (χ3n) is 2.17. The van der Waals surface area contributed by atoms with Crippen LogP contribution in [0.15, 0.2) is 12.2 Å². The molecular weight excluding hydrogens is 136 g/mol. The van der Waals surface area contributed by atoms with Crippen LogP contribution in [-0.2, 0) is 4.79 Å². The molecule has 0 saturated heterocycles. The van der Waals surface area contributed by atoms with Crippen molar-refractivity contribution in [3.63, 3.8) is 0 Å². The highest BCUT2D eigenvalue weighted by Gasteiger charge is 2.25. The fourth-order valence-electron chi connectivity index (χ4n) is 1.72. The SMILES string of the molecule is C1=CC2CCC1C2.CC(C)=O. The maximum absolute atomic E-state index is 9.44. The lowest BCUT2D eigenvalue weighted by atomic mass is 10.1. The van der Waals surface area contributed by atoms with Gasteiger partial charge >= 0.3 is 0 Å². The largest absolute Gasteiger partial charge is 0.300 e. The number of Topliss-reactive ketones (excluding diaryl/α,β-unsaturated/α-hetero) is 1. The number of allylic oxidation sites excluding steroid dienone is 2. The lowest BCUT2D eigenvalue weighted by molar-refractivity contribution is -0.114. The minimum absolute atomic E-state index is 0.167. The number of hydrogen-bond acceptors (Lipinski definition) is 1. The molecule has 2 aliphatic carbocycles. The summed E-state index contributed by atoms with van der Waals surface area (Å²) in [6.07, 6.45) is 9.19. The highest BCUT2D eigenvalue weighted by Crippen LogP contribution is 2.38. The van der Waals surface area contributed by atoms with Crippen molar-refractivity contribution < 1.29 is 4.79 Å². The molecule has 1 nitrogen and oxygen atoms in total. The summed E-state index contributed by atoms with van der Waals surface area (Å²) in [7, 11) is 0. The van der Waals surface area contributed by atoms with Crippen molar-refractivity contribution in [1.82, 2.24) is 0 Å². The van der Waals surface area contributed by atoms with E-state index in [0.717, 1.165) is 11.8 Å². The van der Waals surface area contributed by atoms with E-state index < -0.39 is 0 Å². The van der Waals surface area contributed by atoms with Gasteiger partial charge in [-0.3, -0.25) is 0 Å². The summed E-state index contributed by atoms with van der Waals surface area (Å²) in [4.78, 5) is 9.44. The third kappa shape index (κ3) is 2.87. The molecule has 1 saturated carbocycles. The molecule has 0 aromatic heterocycles. The zero-order valence-electron chi connectivity index (χ0n) is 7.34. The first-order valence-electron chi connectivity index (χ1n) is 4.34. The minimum atomic E-state index is 0.167. The molecule has 0 aliphatic heterocycles. The van der Waals surface area contributed by atoms with Gasteiger partial charge in [-0.05, 0) is 44.9 Å². The number of carbonyl (C=O) groups excluding carboxylic acids is 1. The topological polar surface area (TPSA) is 17.1 Å². The Kier molecular flexibility index (Phi) is 2.86. The summed E-state index contributed by atoms with van der Waals surface area (Å²) in [5.74, 6) is 2.15. The zero-order valence-corrected chi connectivity index (χ0v) is 7.34. The first-order chi connectivity index (χ1) is 5.18. The molecule has 2 unspecified atom stereocenters. The van der Waals surface area contributed by atoms with Crippen molar-refractivity contribution in [2.75, 3.05) is 0 Å². The van der Waals surface area contributed by atoms with Crippen molar-refractivity contribution >= 4 is 5.78 Å². The van der Waals surface area contributed by atoms with E-state index in [1.54, 1.807) is 0 Å². The van der Waals surface area contributed by atoms with E-state index in [0.29, 0.717) is 0 Å². The van der Waals surface area contributed by atoms with E-state index in [1.807, 2.05) is 0 Å². The molecule has 2 rings (SSSR count). The van der Waals surface area contributed by atoms with E-state index in [-0.39, 0.29) is 5.78 Å². The highest BCUT2D eigenvalue weighted by molar-refractivity contribution is 5.72. The van der Waals surface area contributed by atoms with Gasteiger partial charge in [0.15, 0.2) is 0 Å². The van der Waals surface area contributed by atoms with Crippen LogP contribution in [0.1, 0.15) is 33.1 Å². The van der Waals surface area contributed by atoms with Crippen LogP contribution in [0.5, 0.6) is 0 Å². The average molecular weight is 152 g/mol. The molecule has 0 aromatic carbocycles. The van der Waals surface area contributed by atoms with Gasteiger partial charge in [-0.25, -0.2) is 0 Å². The van der Waals surface area contributed by atoms with Gasteiger partial charge in [0.25, 0.3) is 0 Å². The molecule has 0 heterocycles. The lowest BCUT2D eigenvalue weighted by Gasteiger charge is -1.96. The number of carbonyl (C=O) groups is 1. The van der Waals surface area contributed by atoms with Crippen LogP contribution in [0.3, 0.4) is 0 Å². The molecule has 0 radical (unpaired) electrons. The smallest absolute Gasteiger partial charge is 0.126 e. The second kappa shape index (κ2) is 3.70. The fourth-order valence-corrected chi connectivity index (χ4v) is 1.72. The minimum Gasteiger partial charge on any atom is -0.300 e. The van der Waals surface area contributed by atoms with Crippen molar-refractivity contribution in [1.29, 1.82) is 0 Å². The van der Waals surface area contributed by atoms with E-state index in [2.05, 4.69) is 12.2 Å².